The van der Waals surface area contributed by atoms with Crippen LogP contribution in [0.4, 0.5) is 10.1 Å². The molecule has 1 unspecified atom stereocenters. The van der Waals surface area contributed by atoms with Crippen LogP contribution in [0, 0.1) is 11.7 Å². The molecule has 1 atom stereocenters. The van der Waals surface area contributed by atoms with E-state index in [1.807, 2.05) is 12.1 Å². The molecule has 0 radical (unpaired) electrons. The second-order valence-corrected chi connectivity index (χ2v) is 5.79. The Bertz CT molecular complexity index is 417. The van der Waals surface area contributed by atoms with E-state index in [2.05, 4.69) is 31.0 Å². The molecule has 1 aromatic carbocycles. The fourth-order valence-corrected chi connectivity index (χ4v) is 2.74. The van der Waals surface area contributed by atoms with Gasteiger partial charge in [0.15, 0.2) is 0 Å². The summed E-state index contributed by atoms with van der Waals surface area (Å²) in [6, 6.07) is 5.84. The minimum absolute atomic E-state index is 0.0835. The molecule has 1 aromatic rings. The summed E-state index contributed by atoms with van der Waals surface area (Å²) in [5, 5.41) is 3.38. The summed E-state index contributed by atoms with van der Waals surface area (Å²) in [6.45, 7) is 9.15. The summed E-state index contributed by atoms with van der Waals surface area (Å²) in [4.78, 5) is 2.22. The van der Waals surface area contributed by atoms with Crippen molar-refractivity contribution in [3.8, 4) is 0 Å². The van der Waals surface area contributed by atoms with Gasteiger partial charge in [0.1, 0.15) is 5.82 Å². The molecule has 2 rings (SSSR count). The minimum Gasteiger partial charge on any atom is -0.369 e. The van der Waals surface area contributed by atoms with Crippen LogP contribution in [0.25, 0.3) is 0 Å². The van der Waals surface area contributed by atoms with Gasteiger partial charge in [0.2, 0.25) is 0 Å². The smallest absolute Gasteiger partial charge is 0.146 e. The maximum Gasteiger partial charge on any atom is 0.146 e. The van der Waals surface area contributed by atoms with Gasteiger partial charge >= 0.3 is 0 Å². The Balaban J connectivity index is 2.18. The van der Waals surface area contributed by atoms with Gasteiger partial charge in [0.05, 0.1) is 5.69 Å². The van der Waals surface area contributed by atoms with Crippen molar-refractivity contribution in [1.82, 2.24) is 5.32 Å². The van der Waals surface area contributed by atoms with E-state index in [1.165, 1.54) is 12.8 Å². The molecule has 0 amide bonds. The van der Waals surface area contributed by atoms with Crippen molar-refractivity contribution in [3.05, 3.63) is 29.6 Å². The molecule has 0 saturated carbocycles. The van der Waals surface area contributed by atoms with E-state index in [9.17, 15) is 4.39 Å². The Morgan fingerprint density at radius 2 is 2.21 bits per heavy atom. The predicted octanol–water partition coefficient (Wildman–Crippen LogP) is 3.56. The molecular formula is C16H25FN2. The van der Waals surface area contributed by atoms with E-state index in [-0.39, 0.29) is 5.82 Å². The van der Waals surface area contributed by atoms with Gasteiger partial charge in [-0.25, -0.2) is 4.39 Å². The monoisotopic (exact) mass is 264 g/mol. The van der Waals surface area contributed by atoms with Crippen LogP contribution in [0.5, 0.6) is 0 Å². The fraction of sp³-hybridized carbons (Fsp3) is 0.625. The zero-order valence-electron chi connectivity index (χ0n) is 12.2. The maximum atomic E-state index is 14.2. The zero-order valence-corrected chi connectivity index (χ0v) is 12.2. The fourth-order valence-electron chi connectivity index (χ4n) is 2.74. The third kappa shape index (κ3) is 3.47. The molecule has 2 nitrogen and oxygen atoms in total. The second-order valence-electron chi connectivity index (χ2n) is 5.79. The van der Waals surface area contributed by atoms with Crippen LogP contribution < -0.4 is 10.2 Å². The van der Waals surface area contributed by atoms with Gasteiger partial charge in [-0.1, -0.05) is 39.3 Å². The van der Waals surface area contributed by atoms with Gasteiger partial charge < -0.3 is 10.2 Å². The number of anilines is 1. The number of nitrogens with one attached hydrogen (secondary N) is 1. The summed E-state index contributed by atoms with van der Waals surface area (Å²) < 4.78 is 14.2. The average molecular weight is 264 g/mol. The highest BCUT2D eigenvalue weighted by Gasteiger charge is 2.25. The normalized spacial score (nSPS) is 19.4. The quantitative estimate of drug-likeness (QED) is 0.874. The highest BCUT2D eigenvalue weighted by atomic mass is 19.1. The van der Waals surface area contributed by atoms with Crippen molar-refractivity contribution in [3.63, 3.8) is 0 Å². The first-order chi connectivity index (χ1) is 9.11. The lowest BCUT2D eigenvalue weighted by atomic mass is 10.1. The number of halogens is 1. The molecule has 0 aromatic heterocycles. The highest BCUT2D eigenvalue weighted by Crippen LogP contribution is 2.30. The van der Waals surface area contributed by atoms with Gasteiger partial charge in [0, 0.05) is 25.7 Å². The van der Waals surface area contributed by atoms with Crippen LogP contribution in [-0.2, 0) is 6.54 Å². The van der Waals surface area contributed by atoms with E-state index in [4.69, 9.17) is 0 Å². The van der Waals surface area contributed by atoms with Gasteiger partial charge in [-0.15, -0.1) is 0 Å². The van der Waals surface area contributed by atoms with Gasteiger partial charge in [-0.2, -0.15) is 0 Å². The molecule has 1 aliphatic rings. The molecular weight excluding hydrogens is 239 g/mol. The Morgan fingerprint density at radius 1 is 1.42 bits per heavy atom. The van der Waals surface area contributed by atoms with E-state index in [0.29, 0.717) is 12.0 Å². The Morgan fingerprint density at radius 3 is 2.84 bits per heavy atom. The zero-order chi connectivity index (χ0) is 13.8. The maximum absolute atomic E-state index is 14.2. The molecule has 3 heteroatoms. The number of benzene rings is 1. The summed E-state index contributed by atoms with van der Waals surface area (Å²) in [5.74, 6) is 0.630. The van der Waals surface area contributed by atoms with Crippen molar-refractivity contribution in [2.45, 2.75) is 46.2 Å². The van der Waals surface area contributed by atoms with Crippen LogP contribution in [-0.4, -0.2) is 19.1 Å². The average Bonchev–Trinajstić information content (AvgIpc) is 2.84. The molecule has 1 heterocycles. The Kier molecular flexibility index (Phi) is 4.81. The van der Waals surface area contributed by atoms with E-state index >= 15 is 0 Å². The largest absolute Gasteiger partial charge is 0.369 e. The van der Waals surface area contributed by atoms with Crippen molar-refractivity contribution >= 4 is 5.69 Å². The van der Waals surface area contributed by atoms with Crippen molar-refractivity contribution < 1.29 is 4.39 Å². The Hall–Kier alpha value is -1.09. The van der Waals surface area contributed by atoms with Gasteiger partial charge in [-0.3, -0.25) is 0 Å². The van der Waals surface area contributed by atoms with Crippen molar-refractivity contribution in [1.29, 1.82) is 0 Å². The van der Waals surface area contributed by atoms with Crippen LogP contribution in [0.15, 0.2) is 18.2 Å². The van der Waals surface area contributed by atoms with Crippen molar-refractivity contribution in [2.24, 2.45) is 5.92 Å². The summed E-state index contributed by atoms with van der Waals surface area (Å²) in [6.07, 6.45) is 2.37. The first-order valence-corrected chi connectivity index (χ1v) is 7.37. The molecule has 19 heavy (non-hydrogen) atoms. The topological polar surface area (TPSA) is 15.3 Å². The molecule has 0 bridgehead atoms. The lowest BCUT2D eigenvalue weighted by molar-refractivity contribution is 0.563. The third-order valence-electron chi connectivity index (χ3n) is 3.95. The third-order valence-corrected chi connectivity index (χ3v) is 3.95. The molecule has 0 spiro atoms. The molecule has 1 fully saturated rings. The lowest BCUT2D eigenvalue weighted by Crippen LogP contribution is -2.26. The number of hydrogen-bond acceptors (Lipinski definition) is 2. The van der Waals surface area contributed by atoms with Crippen LogP contribution in [0.2, 0.25) is 0 Å². The summed E-state index contributed by atoms with van der Waals surface area (Å²) >= 11 is 0. The minimum atomic E-state index is -0.0835. The van der Waals surface area contributed by atoms with Crippen LogP contribution in [0.1, 0.15) is 39.2 Å². The Labute approximate surface area is 116 Å². The first-order valence-electron chi connectivity index (χ1n) is 7.37. The second kappa shape index (κ2) is 6.38. The van der Waals surface area contributed by atoms with Crippen LogP contribution >= 0.6 is 0 Å². The van der Waals surface area contributed by atoms with E-state index in [1.54, 1.807) is 6.07 Å². The van der Waals surface area contributed by atoms with E-state index < -0.39 is 0 Å². The number of hydrogen-bond donors (Lipinski definition) is 1. The standard InChI is InChI=1S/C16H25FN2/c1-4-13-8-9-19(11-13)16-14(10-18-12(2)3)6-5-7-15(16)17/h5-7,12-13,18H,4,8-11H2,1-3H3. The SMILES string of the molecule is CCC1CCN(c2c(F)cccc2CNC(C)C)C1. The summed E-state index contributed by atoms with van der Waals surface area (Å²) in [5.41, 5.74) is 1.89. The first kappa shape index (κ1) is 14.3. The predicted molar refractivity (Wildman–Crippen MR) is 79.0 cm³/mol. The van der Waals surface area contributed by atoms with E-state index in [0.717, 1.165) is 30.9 Å². The van der Waals surface area contributed by atoms with Crippen LogP contribution in [0.3, 0.4) is 0 Å². The molecule has 0 aliphatic carbocycles. The lowest BCUT2D eigenvalue weighted by Gasteiger charge is -2.23. The number of nitrogens with zero attached hydrogens (tertiary/aromatic N) is 1. The van der Waals surface area contributed by atoms with Crippen molar-refractivity contribution in [2.75, 3.05) is 18.0 Å². The van der Waals surface area contributed by atoms with Gasteiger partial charge in [0.25, 0.3) is 0 Å². The van der Waals surface area contributed by atoms with Gasteiger partial charge in [-0.05, 0) is 24.0 Å². The molecule has 1 saturated heterocycles. The molecule has 1 N–H and O–H groups in total. The molecule has 1 aliphatic heterocycles. The highest BCUT2D eigenvalue weighted by molar-refractivity contribution is 5.55. The summed E-state index contributed by atoms with van der Waals surface area (Å²) in [7, 11) is 0. The number of rotatable bonds is 5. The molecule has 106 valence electrons. The number of para-hydroxylation sites is 1.